The van der Waals surface area contributed by atoms with Crippen molar-refractivity contribution in [3.8, 4) is 0 Å². The number of likely N-dealkylation sites (tertiary alicyclic amines) is 1. The molecule has 5 nitrogen and oxygen atoms in total. The van der Waals surface area contributed by atoms with E-state index in [1.165, 1.54) is 12.1 Å². The fourth-order valence-electron chi connectivity index (χ4n) is 2.15. The second kappa shape index (κ2) is 5.58. The number of amides is 1. The first-order chi connectivity index (χ1) is 9.38. The fourth-order valence-corrected chi connectivity index (χ4v) is 2.15. The van der Waals surface area contributed by atoms with Gasteiger partial charge in [0.25, 0.3) is 0 Å². The number of rotatable bonds is 5. The molecule has 108 valence electrons. The second-order valence-electron chi connectivity index (χ2n) is 5.19. The number of halogens is 1. The van der Waals surface area contributed by atoms with Crippen molar-refractivity contribution in [3.05, 3.63) is 35.6 Å². The molecular formula is C14H16FNO4. The van der Waals surface area contributed by atoms with Crippen molar-refractivity contribution in [1.82, 2.24) is 4.90 Å². The zero-order chi connectivity index (χ0) is 14.8. The highest BCUT2D eigenvalue weighted by Crippen LogP contribution is 2.25. The van der Waals surface area contributed by atoms with Crippen molar-refractivity contribution in [2.75, 3.05) is 19.7 Å². The summed E-state index contributed by atoms with van der Waals surface area (Å²) in [5.41, 5.74) is 0.160. The van der Waals surface area contributed by atoms with E-state index in [0.717, 1.165) is 5.56 Å². The van der Waals surface area contributed by atoms with Crippen molar-refractivity contribution in [1.29, 1.82) is 0 Å². The molecular weight excluding hydrogens is 265 g/mol. The molecule has 0 atom stereocenters. The minimum absolute atomic E-state index is 0.0759. The van der Waals surface area contributed by atoms with Crippen LogP contribution in [0.4, 0.5) is 4.39 Å². The number of ether oxygens (including phenoxy) is 1. The summed E-state index contributed by atoms with van der Waals surface area (Å²) in [6.07, 6.45) is 0.204. The number of aliphatic carboxylic acids is 1. The molecule has 0 bridgehead atoms. The Hall–Kier alpha value is -1.95. The summed E-state index contributed by atoms with van der Waals surface area (Å²) in [6, 6.07) is 5.79. The van der Waals surface area contributed by atoms with Gasteiger partial charge in [-0.3, -0.25) is 4.79 Å². The molecule has 1 amide bonds. The van der Waals surface area contributed by atoms with Crippen LogP contribution >= 0.6 is 0 Å². The number of hydrogen-bond acceptors (Lipinski definition) is 3. The largest absolute Gasteiger partial charge is 0.480 e. The van der Waals surface area contributed by atoms with Gasteiger partial charge in [-0.05, 0) is 24.6 Å². The fraction of sp³-hybridized carbons (Fsp3) is 0.429. The van der Waals surface area contributed by atoms with Gasteiger partial charge in [-0.15, -0.1) is 0 Å². The number of carboxylic acid groups (broad SMARTS) is 1. The SMILES string of the molecule is CC1(OCC(=O)O)CN(C(=O)Cc2ccc(F)cc2)C1. The Morgan fingerprint density at radius 1 is 1.35 bits per heavy atom. The molecule has 2 rings (SSSR count). The zero-order valence-electron chi connectivity index (χ0n) is 11.1. The molecule has 1 aliphatic rings. The third-order valence-corrected chi connectivity index (χ3v) is 3.22. The van der Waals surface area contributed by atoms with E-state index >= 15 is 0 Å². The highest BCUT2D eigenvalue weighted by Gasteiger charge is 2.42. The van der Waals surface area contributed by atoms with Gasteiger partial charge in [-0.1, -0.05) is 12.1 Å². The predicted molar refractivity (Wildman–Crippen MR) is 68.7 cm³/mol. The molecule has 1 heterocycles. The number of hydrogen-bond donors (Lipinski definition) is 1. The maximum Gasteiger partial charge on any atom is 0.329 e. The van der Waals surface area contributed by atoms with Crippen LogP contribution in [0.1, 0.15) is 12.5 Å². The molecule has 0 saturated carbocycles. The minimum Gasteiger partial charge on any atom is -0.480 e. The van der Waals surface area contributed by atoms with Crippen LogP contribution in [-0.2, 0) is 20.7 Å². The first-order valence-electron chi connectivity index (χ1n) is 6.26. The molecule has 0 aliphatic carbocycles. The third-order valence-electron chi connectivity index (χ3n) is 3.22. The van der Waals surface area contributed by atoms with E-state index in [1.807, 2.05) is 0 Å². The molecule has 1 N–H and O–H groups in total. The van der Waals surface area contributed by atoms with Gasteiger partial charge in [0.15, 0.2) is 0 Å². The second-order valence-corrected chi connectivity index (χ2v) is 5.19. The number of carbonyl (C=O) groups is 2. The molecule has 1 aliphatic heterocycles. The van der Waals surface area contributed by atoms with E-state index in [2.05, 4.69) is 0 Å². The molecule has 6 heteroatoms. The van der Waals surface area contributed by atoms with E-state index in [-0.39, 0.29) is 24.8 Å². The monoisotopic (exact) mass is 281 g/mol. The maximum atomic E-state index is 12.8. The lowest BCUT2D eigenvalue weighted by molar-refractivity contribution is -0.172. The summed E-state index contributed by atoms with van der Waals surface area (Å²) in [5, 5.41) is 8.55. The smallest absolute Gasteiger partial charge is 0.329 e. The standard InChI is InChI=1S/C14H16FNO4/c1-14(20-7-13(18)19)8-16(9-14)12(17)6-10-2-4-11(15)5-3-10/h2-5H,6-9H2,1H3,(H,18,19). The summed E-state index contributed by atoms with van der Waals surface area (Å²) >= 11 is 0. The van der Waals surface area contributed by atoms with Gasteiger partial charge in [0.1, 0.15) is 18.0 Å². The molecule has 1 saturated heterocycles. The molecule has 1 aromatic carbocycles. The summed E-state index contributed by atoms with van der Waals surface area (Å²) in [4.78, 5) is 24.0. The Morgan fingerprint density at radius 2 is 1.95 bits per heavy atom. The van der Waals surface area contributed by atoms with E-state index < -0.39 is 11.6 Å². The Balaban J connectivity index is 1.81. The first-order valence-corrected chi connectivity index (χ1v) is 6.26. The van der Waals surface area contributed by atoms with Crippen LogP contribution < -0.4 is 0 Å². The molecule has 20 heavy (non-hydrogen) atoms. The summed E-state index contributed by atoms with van der Waals surface area (Å²) in [7, 11) is 0. The summed E-state index contributed by atoms with van der Waals surface area (Å²) in [6.45, 7) is 2.16. The van der Waals surface area contributed by atoms with Gasteiger partial charge in [-0.2, -0.15) is 0 Å². The predicted octanol–water partition coefficient (Wildman–Crippen LogP) is 1.07. The van der Waals surface area contributed by atoms with E-state index in [4.69, 9.17) is 9.84 Å². The molecule has 0 aromatic heterocycles. The van der Waals surface area contributed by atoms with Gasteiger partial charge in [-0.25, -0.2) is 9.18 Å². The zero-order valence-corrected chi connectivity index (χ0v) is 11.1. The maximum absolute atomic E-state index is 12.8. The van der Waals surface area contributed by atoms with Crippen LogP contribution in [0.25, 0.3) is 0 Å². The normalized spacial score (nSPS) is 16.6. The van der Waals surface area contributed by atoms with Crippen molar-refractivity contribution >= 4 is 11.9 Å². The molecule has 0 unspecified atom stereocenters. The van der Waals surface area contributed by atoms with Crippen LogP contribution in [0.15, 0.2) is 24.3 Å². The third kappa shape index (κ3) is 3.54. The number of nitrogens with zero attached hydrogens (tertiary/aromatic N) is 1. The molecule has 1 aromatic rings. The van der Waals surface area contributed by atoms with E-state index in [9.17, 15) is 14.0 Å². The number of benzene rings is 1. The van der Waals surface area contributed by atoms with Crippen LogP contribution in [0.3, 0.4) is 0 Å². The van der Waals surface area contributed by atoms with Gasteiger partial charge < -0.3 is 14.7 Å². The lowest BCUT2D eigenvalue weighted by Crippen LogP contribution is -2.63. The van der Waals surface area contributed by atoms with Crippen LogP contribution in [0.5, 0.6) is 0 Å². The molecule has 0 radical (unpaired) electrons. The van der Waals surface area contributed by atoms with Crippen molar-refractivity contribution < 1.29 is 23.8 Å². The van der Waals surface area contributed by atoms with Gasteiger partial charge in [0, 0.05) is 0 Å². The number of carboxylic acids is 1. The Kier molecular flexibility index (Phi) is 4.04. The van der Waals surface area contributed by atoms with Crippen molar-refractivity contribution in [2.24, 2.45) is 0 Å². The Labute approximate surface area is 116 Å². The average Bonchev–Trinajstić information content (AvgIpc) is 2.35. The number of carbonyl (C=O) groups excluding carboxylic acids is 1. The van der Waals surface area contributed by atoms with E-state index in [0.29, 0.717) is 13.1 Å². The Bertz CT molecular complexity index is 508. The van der Waals surface area contributed by atoms with Crippen molar-refractivity contribution in [3.63, 3.8) is 0 Å². The van der Waals surface area contributed by atoms with Crippen LogP contribution in [0, 0.1) is 5.82 Å². The lowest BCUT2D eigenvalue weighted by Gasteiger charge is -2.47. The first kappa shape index (κ1) is 14.5. The topological polar surface area (TPSA) is 66.8 Å². The average molecular weight is 281 g/mol. The molecule has 1 fully saturated rings. The summed E-state index contributed by atoms with van der Waals surface area (Å²) < 4.78 is 18.0. The van der Waals surface area contributed by atoms with Crippen LogP contribution in [-0.4, -0.2) is 47.2 Å². The van der Waals surface area contributed by atoms with Crippen molar-refractivity contribution in [2.45, 2.75) is 18.9 Å². The highest BCUT2D eigenvalue weighted by molar-refractivity contribution is 5.80. The summed E-state index contributed by atoms with van der Waals surface area (Å²) in [5.74, 6) is -1.44. The van der Waals surface area contributed by atoms with Gasteiger partial charge in [0.2, 0.25) is 5.91 Å². The van der Waals surface area contributed by atoms with Gasteiger partial charge in [0.05, 0.1) is 19.5 Å². The van der Waals surface area contributed by atoms with Gasteiger partial charge >= 0.3 is 5.97 Å². The lowest BCUT2D eigenvalue weighted by atomic mass is 9.95. The highest BCUT2D eigenvalue weighted by atomic mass is 19.1. The van der Waals surface area contributed by atoms with Crippen LogP contribution in [0.2, 0.25) is 0 Å². The van der Waals surface area contributed by atoms with E-state index in [1.54, 1.807) is 24.0 Å². The quantitative estimate of drug-likeness (QED) is 0.876. The molecule has 0 spiro atoms. The minimum atomic E-state index is -1.03. The Morgan fingerprint density at radius 3 is 2.50 bits per heavy atom.